The highest BCUT2D eigenvalue weighted by molar-refractivity contribution is 7.10. The van der Waals surface area contributed by atoms with Crippen LogP contribution >= 0.6 is 11.3 Å². The molecule has 0 saturated carbocycles. The van der Waals surface area contributed by atoms with Gasteiger partial charge < -0.3 is 11.1 Å². The molecule has 3 nitrogen and oxygen atoms in total. The molecule has 0 bridgehead atoms. The van der Waals surface area contributed by atoms with Gasteiger partial charge in [0.1, 0.15) is 0 Å². The van der Waals surface area contributed by atoms with E-state index in [-0.39, 0.29) is 5.91 Å². The van der Waals surface area contributed by atoms with Crippen LogP contribution < -0.4 is 11.1 Å². The van der Waals surface area contributed by atoms with Crippen molar-refractivity contribution in [1.29, 1.82) is 0 Å². The maximum absolute atomic E-state index is 11.8. The molecule has 1 rings (SSSR count). The summed E-state index contributed by atoms with van der Waals surface area (Å²) in [7, 11) is 0. The molecule has 0 aliphatic rings. The monoisotopic (exact) mass is 264 g/mol. The van der Waals surface area contributed by atoms with Crippen LogP contribution in [0.5, 0.6) is 0 Å². The predicted octanol–water partition coefficient (Wildman–Crippen LogP) is 2.22. The maximum Gasteiger partial charge on any atom is 0.252 e. The Morgan fingerprint density at radius 2 is 2.33 bits per heavy atom. The molecule has 0 fully saturated rings. The van der Waals surface area contributed by atoms with E-state index >= 15 is 0 Å². The number of carbonyl (C=O) groups excluding carboxylic acids is 1. The number of nitrogens with one attached hydrogen (secondary N) is 1. The Morgan fingerprint density at radius 3 is 3.00 bits per heavy atom. The van der Waals surface area contributed by atoms with Crippen molar-refractivity contribution in [1.82, 2.24) is 5.32 Å². The lowest BCUT2D eigenvalue weighted by Crippen LogP contribution is -2.24. The van der Waals surface area contributed by atoms with E-state index < -0.39 is 0 Å². The lowest BCUT2D eigenvalue weighted by Gasteiger charge is -2.05. The maximum atomic E-state index is 11.8. The second-order valence-corrected chi connectivity index (χ2v) is 5.41. The van der Waals surface area contributed by atoms with Gasteiger partial charge in [-0.25, -0.2) is 0 Å². The molecule has 0 aliphatic carbocycles. The number of amides is 1. The molecule has 98 valence electrons. The van der Waals surface area contributed by atoms with E-state index in [4.69, 9.17) is 5.73 Å². The van der Waals surface area contributed by atoms with Gasteiger partial charge in [-0.3, -0.25) is 4.79 Å². The molecule has 0 radical (unpaired) electrons. The fourth-order valence-electron chi connectivity index (χ4n) is 1.47. The molecule has 0 spiro atoms. The third kappa shape index (κ3) is 5.35. The molecule has 1 heterocycles. The van der Waals surface area contributed by atoms with Crippen LogP contribution in [-0.2, 0) is 0 Å². The van der Waals surface area contributed by atoms with Crippen LogP contribution in [-0.4, -0.2) is 19.0 Å². The van der Waals surface area contributed by atoms with Gasteiger partial charge >= 0.3 is 0 Å². The Bertz CT molecular complexity index is 440. The Labute approximate surface area is 113 Å². The first-order valence-corrected chi connectivity index (χ1v) is 7.07. The first-order valence-electron chi connectivity index (χ1n) is 6.19. The smallest absolute Gasteiger partial charge is 0.252 e. The van der Waals surface area contributed by atoms with Crippen LogP contribution in [0, 0.1) is 17.8 Å². The zero-order valence-corrected chi connectivity index (χ0v) is 11.8. The van der Waals surface area contributed by atoms with Gasteiger partial charge in [-0.2, -0.15) is 0 Å². The largest absolute Gasteiger partial charge is 0.352 e. The number of carbonyl (C=O) groups is 1. The van der Waals surface area contributed by atoms with E-state index in [1.807, 2.05) is 11.4 Å². The first-order chi connectivity index (χ1) is 8.63. The van der Waals surface area contributed by atoms with Gasteiger partial charge in [0.25, 0.3) is 5.91 Å². The lowest BCUT2D eigenvalue weighted by molar-refractivity contribution is 0.0953. The van der Waals surface area contributed by atoms with Crippen molar-refractivity contribution in [2.45, 2.75) is 26.7 Å². The van der Waals surface area contributed by atoms with Crippen LogP contribution in [0.3, 0.4) is 0 Å². The average molecular weight is 264 g/mol. The zero-order valence-electron chi connectivity index (χ0n) is 11.0. The van der Waals surface area contributed by atoms with Gasteiger partial charge in [0.15, 0.2) is 0 Å². The third-order valence-electron chi connectivity index (χ3n) is 2.42. The minimum atomic E-state index is -0.0178. The second kappa shape index (κ2) is 7.91. The predicted molar refractivity (Wildman–Crippen MR) is 76.7 cm³/mol. The Kier molecular flexibility index (Phi) is 6.48. The van der Waals surface area contributed by atoms with Crippen molar-refractivity contribution in [2.75, 3.05) is 13.1 Å². The highest BCUT2D eigenvalue weighted by Crippen LogP contribution is 2.13. The van der Waals surface area contributed by atoms with Gasteiger partial charge in [0, 0.05) is 11.9 Å². The van der Waals surface area contributed by atoms with Crippen LogP contribution in [0.4, 0.5) is 0 Å². The molecule has 0 aliphatic heterocycles. The summed E-state index contributed by atoms with van der Waals surface area (Å²) in [5.41, 5.74) is 5.99. The zero-order chi connectivity index (χ0) is 13.4. The van der Waals surface area contributed by atoms with E-state index in [1.54, 1.807) is 0 Å². The summed E-state index contributed by atoms with van der Waals surface area (Å²) in [6.07, 6.45) is 2.16. The summed E-state index contributed by atoms with van der Waals surface area (Å²) in [5.74, 6) is 6.37. The number of rotatable bonds is 5. The molecule has 1 amide bonds. The molecule has 0 atom stereocenters. The van der Waals surface area contributed by atoms with Gasteiger partial charge in [0.2, 0.25) is 0 Å². The number of nitrogens with two attached hydrogens (primary N) is 1. The van der Waals surface area contributed by atoms with Crippen molar-refractivity contribution in [3.63, 3.8) is 0 Å². The van der Waals surface area contributed by atoms with E-state index in [0.29, 0.717) is 18.0 Å². The number of thiophene rings is 1. The normalized spacial score (nSPS) is 10.0. The fraction of sp³-hybridized carbons (Fsp3) is 0.500. The van der Waals surface area contributed by atoms with Crippen molar-refractivity contribution in [2.24, 2.45) is 11.7 Å². The molecule has 3 N–H and O–H groups in total. The van der Waals surface area contributed by atoms with Crippen molar-refractivity contribution in [3.05, 3.63) is 21.9 Å². The molecule has 0 saturated heterocycles. The Balaban J connectivity index is 2.40. The number of hydrogen-bond donors (Lipinski definition) is 2. The SMILES string of the molecule is CC(C)CCCNC(=O)c1csc(C#CCN)c1. The molecule has 0 aromatic carbocycles. The molecule has 18 heavy (non-hydrogen) atoms. The van der Waals surface area contributed by atoms with Gasteiger partial charge in [0.05, 0.1) is 17.0 Å². The van der Waals surface area contributed by atoms with E-state index in [2.05, 4.69) is 31.0 Å². The van der Waals surface area contributed by atoms with E-state index in [0.717, 1.165) is 24.3 Å². The summed E-state index contributed by atoms with van der Waals surface area (Å²) in [5, 5.41) is 4.75. The van der Waals surface area contributed by atoms with Crippen LogP contribution in [0.25, 0.3) is 0 Å². The van der Waals surface area contributed by atoms with Crippen molar-refractivity contribution < 1.29 is 4.79 Å². The lowest BCUT2D eigenvalue weighted by atomic mass is 10.1. The molecular formula is C14H20N2OS. The van der Waals surface area contributed by atoms with Gasteiger partial charge in [-0.1, -0.05) is 25.7 Å². The second-order valence-electron chi connectivity index (χ2n) is 4.50. The van der Waals surface area contributed by atoms with Gasteiger partial charge in [-0.05, 0) is 24.8 Å². The van der Waals surface area contributed by atoms with Crippen molar-refractivity contribution in [3.8, 4) is 11.8 Å². The van der Waals surface area contributed by atoms with Crippen molar-refractivity contribution >= 4 is 17.2 Å². The van der Waals surface area contributed by atoms with Crippen LogP contribution in [0.15, 0.2) is 11.4 Å². The standard InChI is InChI=1S/C14H20N2OS/c1-11(2)5-4-8-16-14(17)12-9-13(18-10-12)6-3-7-15/h9-11H,4-5,7-8,15H2,1-2H3,(H,16,17). The molecule has 1 aromatic heterocycles. The van der Waals surface area contributed by atoms with E-state index in [9.17, 15) is 4.79 Å². The Morgan fingerprint density at radius 1 is 1.56 bits per heavy atom. The molecule has 1 aromatic rings. The Hall–Kier alpha value is -1.31. The van der Waals surface area contributed by atoms with Crippen LogP contribution in [0.1, 0.15) is 41.9 Å². The van der Waals surface area contributed by atoms with Gasteiger partial charge in [-0.15, -0.1) is 11.3 Å². The minimum Gasteiger partial charge on any atom is -0.352 e. The number of hydrogen-bond acceptors (Lipinski definition) is 3. The quantitative estimate of drug-likeness (QED) is 0.633. The highest BCUT2D eigenvalue weighted by Gasteiger charge is 2.07. The first kappa shape index (κ1) is 14.7. The van der Waals surface area contributed by atoms with E-state index in [1.165, 1.54) is 11.3 Å². The summed E-state index contributed by atoms with van der Waals surface area (Å²) < 4.78 is 0. The summed E-state index contributed by atoms with van der Waals surface area (Å²) in [6.45, 7) is 5.44. The minimum absolute atomic E-state index is 0.0178. The summed E-state index contributed by atoms with van der Waals surface area (Å²) in [6, 6.07) is 1.81. The molecular weight excluding hydrogens is 244 g/mol. The summed E-state index contributed by atoms with van der Waals surface area (Å²) in [4.78, 5) is 12.7. The van der Waals surface area contributed by atoms with Crippen LogP contribution in [0.2, 0.25) is 0 Å². The topological polar surface area (TPSA) is 55.1 Å². The summed E-state index contributed by atoms with van der Waals surface area (Å²) >= 11 is 1.47. The third-order valence-corrected chi connectivity index (χ3v) is 3.26. The highest BCUT2D eigenvalue weighted by atomic mass is 32.1. The molecule has 4 heteroatoms. The molecule has 0 unspecified atom stereocenters. The average Bonchev–Trinajstić information content (AvgIpc) is 2.80. The fourth-order valence-corrected chi connectivity index (χ4v) is 2.23.